The second-order valence-electron chi connectivity index (χ2n) is 19.1. The van der Waals surface area contributed by atoms with Crippen LogP contribution in [0.3, 0.4) is 0 Å². The van der Waals surface area contributed by atoms with E-state index in [1.54, 1.807) is 0 Å². The van der Waals surface area contributed by atoms with Crippen molar-refractivity contribution in [2.24, 2.45) is 5.73 Å². The van der Waals surface area contributed by atoms with E-state index < -0.39 is 32.5 Å². The predicted molar refractivity (Wildman–Crippen MR) is 320 cm³/mol. The summed E-state index contributed by atoms with van der Waals surface area (Å²) in [5.74, 6) is -0.902. The van der Waals surface area contributed by atoms with Crippen LogP contribution in [0.15, 0.2) is 134 Å². The zero-order valence-corrected chi connectivity index (χ0v) is 48.4. The summed E-state index contributed by atoms with van der Waals surface area (Å²) < 4.78 is 33.0. The van der Waals surface area contributed by atoms with E-state index in [1.165, 1.54) is 103 Å². The molecule has 0 heterocycles. The fraction of sp³-hybridized carbons (Fsp3) is 0.631. The van der Waals surface area contributed by atoms with Gasteiger partial charge in [0.05, 0.1) is 13.2 Å². The molecule has 10 heteroatoms. The van der Waals surface area contributed by atoms with E-state index in [4.69, 9.17) is 24.3 Å². The number of hydrogen-bond acceptors (Lipinski definition) is 8. The van der Waals surface area contributed by atoms with Gasteiger partial charge in [-0.15, -0.1) is 0 Å². The molecule has 0 radical (unpaired) electrons. The SMILES string of the molecule is CC/C=C\C/C=C\C/C=C\C/C=C\C/C=C\C/C=C\C/C=C\CCCC(=O)OC(COC(=O)CCCCCCCCCCCCCCCCCCCC/C=C\C/C=C\C/C=C\C/C=C\CC)COP(=O)(O)OCCN. The molecule has 0 rings (SSSR count). The number of rotatable bonds is 54. The molecule has 2 atom stereocenters. The first kappa shape index (κ1) is 71.2. The topological polar surface area (TPSA) is 134 Å². The van der Waals surface area contributed by atoms with Crippen LogP contribution in [0, 0.1) is 0 Å². The highest BCUT2D eigenvalue weighted by Gasteiger charge is 2.26. The molecule has 0 aliphatic carbocycles. The van der Waals surface area contributed by atoms with Crippen molar-refractivity contribution in [1.82, 2.24) is 0 Å². The van der Waals surface area contributed by atoms with E-state index in [1.807, 2.05) is 6.08 Å². The average molecular weight is 1060 g/mol. The number of ether oxygens (including phenoxy) is 2. The van der Waals surface area contributed by atoms with Crippen molar-refractivity contribution < 1.29 is 37.6 Å². The normalized spacial score (nSPS) is 14.0. The van der Waals surface area contributed by atoms with Gasteiger partial charge in [-0.1, -0.05) is 250 Å². The number of nitrogens with two attached hydrogens (primary N) is 1. The number of phosphoric acid groups is 1. The number of carbonyl (C=O) groups is 2. The summed E-state index contributed by atoms with van der Waals surface area (Å²) >= 11 is 0. The Bertz CT molecular complexity index is 1680. The number of allylic oxidation sites excluding steroid dienone is 22. The first-order valence-corrected chi connectivity index (χ1v) is 31.2. The summed E-state index contributed by atoms with van der Waals surface area (Å²) in [6, 6.07) is 0. The molecule has 0 aliphatic heterocycles. The summed E-state index contributed by atoms with van der Waals surface area (Å²) in [7, 11) is -4.41. The van der Waals surface area contributed by atoms with Crippen LogP contribution in [-0.4, -0.2) is 49.3 Å². The molecule has 0 saturated heterocycles. The van der Waals surface area contributed by atoms with Crippen molar-refractivity contribution in [2.75, 3.05) is 26.4 Å². The van der Waals surface area contributed by atoms with Gasteiger partial charge in [-0.2, -0.15) is 0 Å². The van der Waals surface area contributed by atoms with Crippen LogP contribution in [0.4, 0.5) is 0 Å². The van der Waals surface area contributed by atoms with Gasteiger partial charge in [0.1, 0.15) is 6.61 Å². The van der Waals surface area contributed by atoms with E-state index in [0.717, 1.165) is 89.9 Å². The largest absolute Gasteiger partial charge is 0.472 e. The van der Waals surface area contributed by atoms with Crippen molar-refractivity contribution in [3.05, 3.63) is 134 Å². The molecular formula is C65H108NO8P. The average Bonchev–Trinajstić information content (AvgIpc) is 3.40. The fourth-order valence-electron chi connectivity index (χ4n) is 7.73. The maximum absolute atomic E-state index is 12.7. The van der Waals surface area contributed by atoms with Crippen molar-refractivity contribution in [1.29, 1.82) is 0 Å². The van der Waals surface area contributed by atoms with Gasteiger partial charge < -0.3 is 20.1 Å². The summed E-state index contributed by atoms with van der Waals surface area (Å²) in [6.07, 6.45) is 83.8. The number of phosphoric ester groups is 1. The Hall–Kier alpha value is -3.85. The molecule has 0 aromatic rings. The van der Waals surface area contributed by atoms with Crippen molar-refractivity contribution in [2.45, 2.75) is 238 Å². The molecule has 0 fully saturated rings. The van der Waals surface area contributed by atoms with Gasteiger partial charge in [0, 0.05) is 19.4 Å². The molecule has 0 aliphatic rings. The Morgan fingerprint density at radius 3 is 1.07 bits per heavy atom. The van der Waals surface area contributed by atoms with Crippen LogP contribution in [-0.2, 0) is 32.7 Å². The van der Waals surface area contributed by atoms with Crippen LogP contribution < -0.4 is 5.73 Å². The van der Waals surface area contributed by atoms with Gasteiger partial charge in [0.2, 0.25) is 0 Å². The maximum atomic E-state index is 12.7. The van der Waals surface area contributed by atoms with Crippen molar-refractivity contribution in [3.63, 3.8) is 0 Å². The highest BCUT2D eigenvalue weighted by molar-refractivity contribution is 7.47. The quantitative estimate of drug-likeness (QED) is 0.0264. The minimum Gasteiger partial charge on any atom is -0.462 e. The maximum Gasteiger partial charge on any atom is 0.472 e. The summed E-state index contributed by atoms with van der Waals surface area (Å²) in [5.41, 5.74) is 5.38. The Balaban J connectivity index is 4.03. The highest BCUT2D eigenvalue weighted by Crippen LogP contribution is 2.43. The van der Waals surface area contributed by atoms with Gasteiger partial charge >= 0.3 is 19.8 Å². The van der Waals surface area contributed by atoms with Gasteiger partial charge in [-0.05, 0) is 103 Å². The highest BCUT2D eigenvalue weighted by atomic mass is 31.2. The van der Waals surface area contributed by atoms with E-state index in [2.05, 4.69) is 141 Å². The van der Waals surface area contributed by atoms with E-state index >= 15 is 0 Å². The molecule has 2 unspecified atom stereocenters. The molecule has 0 aromatic carbocycles. The minimum atomic E-state index is -4.41. The third-order valence-electron chi connectivity index (χ3n) is 12.0. The molecular weight excluding hydrogens is 954 g/mol. The molecule has 0 saturated carbocycles. The monoisotopic (exact) mass is 1060 g/mol. The number of esters is 2. The van der Waals surface area contributed by atoms with Crippen molar-refractivity contribution >= 4 is 19.8 Å². The smallest absolute Gasteiger partial charge is 0.462 e. The van der Waals surface area contributed by atoms with Crippen molar-refractivity contribution in [3.8, 4) is 0 Å². The van der Waals surface area contributed by atoms with Crippen LogP contribution in [0.2, 0.25) is 0 Å². The standard InChI is InChI=1S/C65H108NO8P/c1-3-5-7-9-11-13-15-17-19-21-23-25-27-28-29-30-31-32-33-34-36-37-39-41-43-45-47-49-51-53-55-57-64(67)71-61-63(62-73-75(69,70)72-60-59-66)74-65(68)58-56-54-52-50-48-46-44-42-40-38-35-26-24-22-20-18-16-14-12-10-8-6-4-2/h5-8,11-14,17-20,23-26,38,40,44,46,50,52,63H,3-4,9-10,15-16,21-22,27-37,39,41-43,45,47-49,51,53-62,66H2,1-2H3,(H,69,70)/b7-5-,8-6-,13-11-,14-12-,19-17-,20-18-,25-23-,26-24-,40-38-,46-44-,52-50-. The second-order valence-corrected chi connectivity index (χ2v) is 20.6. The summed E-state index contributed by atoms with van der Waals surface area (Å²) in [6.45, 7) is 3.45. The van der Waals surface area contributed by atoms with Gasteiger partial charge in [0.15, 0.2) is 6.10 Å². The Labute approximate surface area is 459 Å². The number of unbranched alkanes of at least 4 members (excludes halogenated alkanes) is 19. The van der Waals surface area contributed by atoms with Gasteiger partial charge in [0.25, 0.3) is 0 Å². The predicted octanol–water partition coefficient (Wildman–Crippen LogP) is 19.0. The molecule has 0 bridgehead atoms. The van der Waals surface area contributed by atoms with Crippen LogP contribution in [0.25, 0.3) is 0 Å². The first-order valence-electron chi connectivity index (χ1n) is 29.7. The van der Waals surface area contributed by atoms with E-state index in [-0.39, 0.29) is 32.6 Å². The lowest BCUT2D eigenvalue weighted by molar-refractivity contribution is -0.161. The molecule has 0 amide bonds. The third-order valence-corrected chi connectivity index (χ3v) is 13.0. The van der Waals surface area contributed by atoms with E-state index in [9.17, 15) is 19.0 Å². The molecule has 0 spiro atoms. The minimum absolute atomic E-state index is 0.0380. The summed E-state index contributed by atoms with van der Waals surface area (Å²) in [5, 5.41) is 0. The van der Waals surface area contributed by atoms with Gasteiger partial charge in [-0.3, -0.25) is 18.6 Å². The Morgan fingerprint density at radius 1 is 0.400 bits per heavy atom. The zero-order valence-electron chi connectivity index (χ0n) is 47.5. The Morgan fingerprint density at radius 2 is 0.707 bits per heavy atom. The summed E-state index contributed by atoms with van der Waals surface area (Å²) in [4.78, 5) is 35.2. The van der Waals surface area contributed by atoms with Crippen LogP contribution in [0.5, 0.6) is 0 Å². The van der Waals surface area contributed by atoms with E-state index in [0.29, 0.717) is 12.8 Å². The number of hydrogen-bond donors (Lipinski definition) is 2. The molecule has 426 valence electrons. The molecule has 9 nitrogen and oxygen atoms in total. The lowest BCUT2D eigenvalue weighted by atomic mass is 10.0. The molecule has 0 aromatic heterocycles. The molecule has 3 N–H and O–H groups in total. The third kappa shape index (κ3) is 59.3. The number of carbonyl (C=O) groups excluding carboxylic acids is 2. The zero-order chi connectivity index (χ0) is 54.5. The lowest BCUT2D eigenvalue weighted by Gasteiger charge is -2.19. The fourth-order valence-corrected chi connectivity index (χ4v) is 8.50. The second kappa shape index (κ2) is 59.4. The van der Waals surface area contributed by atoms with Crippen LogP contribution in [0.1, 0.15) is 232 Å². The first-order chi connectivity index (χ1) is 36.8. The lowest BCUT2D eigenvalue weighted by Crippen LogP contribution is -2.29. The van der Waals surface area contributed by atoms with Crippen LogP contribution >= 0.6 is 7.82 Å². The van der Waals surface area contributed by atoms with Gasteiger partial charge in [-0.25, -0.2) is 4.57 Å². The molecule has 75 heavy (non-hydrogen) atoms. The Kier molecular flexibility index (Phi) is 56.3.